The van der Waals surface area contributed by atoms with Crippen molar-refractivity contribution in [3.8, 4) is 0 Å². The molecule has 0 amide bonds. The van der Waals surface area contributed by atoms with Crippen molar-refractivity contribution in [3.63, 3.8) is 0 Å². The zero-order chi connectivity index (χ0) is 11.1. The van der Waals surface area contributed by atoms with Crippen LogP contribution in [0.2, 0.25) is 0 Å². The Bertz CT molecular complexity index is 479. The van der Waals surface area contributed by atoms with Crippen LogP contribution in [0.1, 0.15) is 32.3 Å². The first-order valence-electron chi connectivity index (χ1n) is 5.07. The van der Waals surface area contributed by atoms with E-state index in [1.54, 1.807) is 0 Å². The lowest BCUT2D eigenvalue weighted by Gasteiger charge is -2.17. The van der Waals surface area contributed by atoms with Crippen LogP contribution in [0.3, 0.4) is 0 Å². The van der Waals surface area contributed by atoms with E-state index in [2.05, 4.69) is 31.0 Å². The Morgan fingerprint density at radius 3 is 2.60 bits per heavy atom. The Labute approximate surface area is 89.1 Å². The molecule has 0 fully saturated rings. The van der Waals surface area contributed by atoms with E-state index in [0.29, 0.717) is 6.54 Å². The highest BCUT2D eigenvalue weighted by molar-refractivity contribution is 5.40. The lowest BCUT2D eigenvalue weighted by molar-refractivity contribution is 0.535. The van der Waals surface area contributed by atoms with Crippen molar-refractivity contribution < 1.29 is 0 Å². The predicted octanol–water partition coefficient (Wildman–Crippen LogP) is 1.49. The number of hydrogen-bond acceptors (Lipinski definition) is 3. The summed E-state index contributed by atoms with van der Waals surface area (Å²) < 4.78 is 2.04. The van der Waals surface area contributed by atoms with Gasteiger partial charge in [0.25, 0.3) is 0 Å². The van der Waals surface area contributed by atoms with Gasteiger partial charge in [-0.1, -0.05) is 26.8 Å². The van der Waals surface area contributed by atoms with Gasteiger partial charge in [-0.15, -0.1) is 10.2 Å². The molecule has 80 valence electrons. The van der Waals surface area contributed by atoms with Crippen LogP contribution in [0.4, 0.5) is 0 Å². The smallest absolute Gasteiger partial charge is 0.161 e. The van der Waals surface area contributed by atoms with Gasteiger partial charge in [-0.05, 0) is 12.1 Å². The molecule has 2 heterocycles. The molecule has 0 aliphatic carbocycles. The van der Waals surface area contributed by atoms with E-state index in [9.17, 15) is 0 Å². The second-order valence-electron chi connectivity index (χ2n) is 4.69. The fourth-order valence-electron chi connectivity index (χ4n) is 1.65. The second-order valence-corrected chi connectivity index (χ2v) is 4.69. The van der Waals surface area contributed by atoms with E-state index in [1.807, 2.05) is 22.6 Å². The van der Waals surface area contributed by atoms with Gasteiger partial charge in [-0.3, -0.25) is 4.40 Å². The Hall–Kier alpha value is -1.42. The lowest BCUT2D eigenvalue weighted by atomic mass is 9.96. The van der Waals surface area contributed by atoms with Crippen molar-refractivity contribution >= 4 is 5.65 Å². The van der Waals surface area contributed by atoms with Crippen molar-refractivity contribution in [2.45, 2.75) is 32.7 Å². The van der Waals surface area contributed by atoms with E-state index >= 15 is 0 Å². The molecule has 4 heteroatoms. The minimum atomic E-state index is -0.0231. The van der Waals surface area contributed by atoms with Crippen LogP contribution in [0, 0.1) is 0 Å². The van der Waals surface area contributed by atoms with Crippen LogP contribution >= 0.6 is 0 Å². The molecule has 0 saturated carbocycles. The van der Waals surface area contributed by atoms with Gasteiger partial charge in [-0.2, -0.15) is 0 Å². The van der Waals surface area contributed by atoms with Crippen molar-refractivity contribution in [2.24, 2.45) is 5.73 Å². The molecule has 0 spiro atoms. The van der Waals surface area contributed by atoms with Crippen LogP contribution in [0.25, 0.3) is 5.65 Å². The topological polar surface area (TPSA) is 56.2 Å². The summed E-state index contributed by atoms with van der Waals surface area (Å²) in [5.74, 6) is 0.957. The first kappa shape index (κ1) is 10.1. The maximum Gasteiger partial charge on any atom is 0.161 e. The number of hydrogen-bond donors (Lipinski definition) is 1. The van der Waals surface area contributed by atoms with Crippen LogP contribution in [-0.2, 0) is 12.0 Å². The predicted molar refractivity (Wildman–Crippen MR) is 59.6 cm³/mol. The van der Waals surface area contributed by atoms with Gasteiger partial charge in [-0.25, -0.2) is 0 Å². The Balaban J connectivity index is 2.77. The minimum absolute atomic E-state index is 0.0231. The zero-order valence-corrected chi connectivity index (χ0v) is 9.36. The van der Waals surface area contributed by atoms with Gasteiger partial charge in [0.05, 0.1) is 0 Å². The molecule has 0 aliphatic heterocycles. The molecule has 0 unspecified atom stereocenters. The molecule has 2 N–H and O–H groups in total. The van der Waals surface area contributed by atoms with E-state index < -0.39 is 0 Å². The molecular weight excluding hydrogens is 188 g/mol. The zero-order valence-electron chi connectivity index (χ0n) is 9.36. The average Bonchev–Trinajstić information content (AvgIpc) is 2.59. The molecular formula is C11H16N4. The molecule has 2 rings (SSSR count). The standard InChI is InChI=1S/C11H16N4/c1-11(2,3)10-14-13-9-6-4-5-8(7-12)15(9)10/h4-6H,7,12H2,1-3H3. The molecule has 4 nitrogen and oxygen atoms in total. The van der Waals surface area contributed by atoms with Crippen molar-refractivity contribution in [1.82, 2.24) is 14.6 Å². The van der Waals surface area contributed by atoms with Crippen LogP contribution in [0.5, 0.6) is 0 Å². The molecule has 0 saturated heterocycles. The second kappa shape index (κ2) is 3.31. The highest BCUT2D eigenvalue weighted by Gasteiger charge is 2.21. The van der Waals surface area contributed by atoms with Gasteiger partial charge in [0.15, 0.2) is 5.65 Å². The van der Waals surface area contributed by atoms with Gasteiger partial charge in [0.2, 0.25) is 0 Å². The summed E-state index contributed by atoms with van der Waals surface area (Å²) in [6.07, 6.45) is 0. The quantitative estimate of drug-likeness (QED) is 0.765. The maximum absolute atomic E-state index is 5.71. The van der Waals surface area contributed by atoms with Crippen molar-refractivity contribution in [3.05, 3.63) is 29.7 Å². The monoisotopic (exact) mass is 204 g/mol. The molecule has 0 radical (unpaired) electrons. The molecule has 0 aliphatic rings. The van der Waals surface area contributed by atoms with E-state index in [0.717, 1.165) is 17.2 Å². The number of rotatable bonds is 1. The summed E-state index contributed by atoms with van der Waals surface area (Å²) in [5, 5.41) is 8.38. The number of nitrogens with two attached hydrogens (primary N) is 1. The van der Waals surface area contributed by atoms with Crippen LogP contribution in [-0.4, -0.2) is 14.6 Å². The van der Waals surface area contributed by atoms with E-state index in [1.165, 1.54) is 0 Å². The Morgan fingerprint density at radius 1 is 1.27 bits per heavy atom. The van der Waals surface area contributed by atoms with Gasteiger partial charge in [0, 0.05) is 17.7 Å². The van der Waals surface area contributed by atoms with Gasteiger partial charge in [0.1, 0.15) is 5.82 Å². The number of pyridine rings is 1. The highest BCUT2D eigenvalue weighted by atomic mass is 15.3. The van der Waals surface area contributed by atoms with Crippen molar-refractivity contribution in [1.29, 1.82) is 0 Å². The molecule has 0 atom stereocenters. The van der Waals surface area contributed by atoms with Crippen LogP contribution < -0.4 is 5.73 Å². The van der Waals surface area contributed by atoms with E-state index in [-0.39, 0.29) is 5.41 Å². The first-order valence-corrected chi connectivity index (χ1v) is 5.07. The summed E-state index contributed by atoms with van der Waals surface area (Å²) in [4.78, 5) is 0. The first-order chi connectivity index (χ1) is 7.04. The molecule has 0 bridgehead atoms. The Kier molecular flexibility index (Phi) is 2.23. The summed E-state index contributed by atoms with van der Waals surface area (Å²) in [6, 6.07) is 5.91. The van der Waals surface area contributed by atoms with E-state index in [4.69, 9.17) is 5.73 Å². The molecule has 15 heavy (non-hydrogen) atoms. The van der Waals surface area contributed by atoms with Gasteiger partial charge < -0.3 is 5.73 Å². The molecule has 2 aromatic heterocycles. The lowest BCUT2D eigenvalue weighted by Crippen LogP contribution is -2.18. The Morgan fingerprint density at radius 2 is 2.00 bits per heavy atom. The fraction of sp³-hybridized carbons (Fsp3) is 0.455. The summed E-state index contributed by atoms with van der Waals surface area (Å²) in [7, 11) is 0. The third-order valence-electron chi connectivity index (χ3n) is 2.39. The number of aromatic nitrogens is 3. The van der Waals surface area contributed by atoms with Crippen LogP contribution in [0.15, 0.2) is 18.2 Å². The third kappa shape index (κ3) is 1.61. The fourth-order valence-corrected chi connectivity index (χ4v) is 1.65. The highest BCUT2D eigenvalue weighted by Crippen LogP contribution is 2.21. The largest absolute Gasteiger partial charge is 0.325 e. The maximum atomic E-state index is 5.71. The number of nitrogens with zero attached hydrogens (tertiary/aromatic N) is 3. The number of fused-ring (bicyclic) bond motifs is 1. The van der Waals surface area contributed by atoms with Crippen molar-refractivity contribution in [2.75, 3.05) is 0 Å². The summed E-state index contributed by atoms with van der Waals surface area (Å²) >= 11 is 0. The summed E-state index contributed by atoms with van der Waals surface area (Å²) in [6.45, 7) is 6.86. The minimum Gasteiger partial charge on any atom is -0.325 e. The summed E-state index contributed by atoms with van der Waals surface area (Å²) in [5.41, 5.74) is 7.60. The average molecular weight is 204 g/mol. The van der Waals surface area contributed by atoms with Gasteiger partial charge >= 0.3 is 0 Å². The third-order valence-corrected chi connectivity index (χ3v) is 2.39. The SMILES string of the molecule is CC(C)(C)c1nnc2cccc(CN)n12. The molecule has 2 aromatic rings. The normalized spacial score (nSPS) is 12.3. The molecule has 0 aromatic carbocycles.